The Morgan fingerprint density at radius 2 is 2.45 bits per heavy atom. The molecule has 0 saturated carbocycles. The average molecular weight is 168 g/mol. The van der Waals surface area contributed by atoms with Crippen LogP contribution in [0.3, 0.4) is 0 Å². The first kappa shape index (κ1) is 7.41. The molecule has 1 saturated heterocycles. The maximum Gasteiger partial charge on any atom is 0.141 e. The number of rotatable bonds is 0. The van der Waals surface area contributed by atoms with E-state index in [9.17, 15) is 4.79 Å². The van der Waals surface area contributed by atoms with Crippen molar-refractivity contribution in [3.63, 3.8) is 0 Å². The number of hydrogen-bond donors (Lipinski definition) is 0. The van der Waals surface area contributed by atoms with Gasteiger partial charge in [-0.2, -0.15) is 0 Å². The fourth-order valence-electron chi connectivity index (χ4n) is 1.77. The zero-order valence-electron chi connectivity index (χ0n) is 6.51. The van der Waals surface area contributed by atoms with E-state index in [0.29, 0.717) is 11.7 Å². The summed E-state index contributed by atoms with van der Waals surface area (Å²) in [5.74, 6) is 2.01. The number of fused-ring (bicyclic) bond motifs is 1. The minimum atomic E-state index is 0.308. The Morgan fingerprint density at radius 3 is 3.27 bits per heavy atom. The van der Waals surface area contributed by atoms with Crippen LogP contribution in [0.25, 0.3) is 0 Å². The molecule has 1 aliphatic carbocycles. The fraction of sp³-hybridized carbons (Fsp3) is 0.667. The maximum absolute atomic E-state index is 11.4. The van der Waals surface area contributed by atoms with E-state index < -0.39 is 0 Å². The Hall–Kier alpha value is -0.240. The topological polar surface area (TPSA) is 17.1 Å². The predicted octanol–water partition coefficient (Wildman–Crippen LogP) is 2.38. The molecule has 0 aromatic heterocycles. The molecule has 2 rings (SSSR count). The standard InChI is InChI=1S/C9H12OS/c10-8-4-1-5-9-7(8)3-2-6-11-9/h5,7H,1-4,6H2. The molecule has 0 aromatic rings. The second-order valence-corrected chi connectivity index (χ2v) is 4.32. The van der Waals surface area contributed by atoms with Crippen LogP contribution in [0.1, 0.15) is 25.7 Å². The Morgan fingerprint density at radius 1 is 1.55 bits per heavy atom. The number of carbonyl (C=O) groups excluding carboxylic acids is 1. The first-order chi connectivity index (χ1) is 5.38. The summed E-state index contributed by atoms with van der Waals surface area (Å²) in [4.78, 5) is 12.7. The van der Waals surface area contributed by atoms with E-state index in [2.05, 4.69) is 6.08 Å². The van der Waals surface area contributed by atoms with Crippen LogP contribution >= 0.6 is 11.8 Å². The number of thioether (sulfide) groups is 1. The molecule has 0 aromatic carbocycles. The third kappa shape index (κ3) is 1.36. The Labute approximate surface area is 71.2 Å². The van der Waals surface area contributed by atoms with Gasteiger partial charge in [0.25, 0.3) is 0 Å². The highest BCUT2D eigenvalue weighted by molar-refractivity contribution is 8.03. The first-order valence-corrected chi connectivity index (χ1v) is 5.22. The van der Waals surface area contributed by atoms with Gasteiger partial charge in [-0.05, 0) is 29.9 Å². The summed E-state index contributed by atoms with van der Waals surface area (Å²) in [6.07, 6.45) is 6.36. The maximum atomic E-state index is 11.4. The number of Topliss-reactive ketones (excluding diaryl/α,β-unsaturated/α-hetero) is 1. The van der Waals surface area contributed by atoms with Gasteiger partial charge >= 0.3 is 0 Å². The first-order valence-electron chi connectivity index (χ1n) is 4.23. The van der Waals surface area contributed by atoms with Crippen molar-refractivity contribution in [2.75, 3.05) is 5.75 Å². The largest absolute Gasteiger partial charge is 0.299 e. The van der Waals surface area contributed by atoms with Gasteiger partial charge in [-0.1, -0.05) is 6.08 Å². The van der Waals surface area contributed by atoms with Crippen LogP contribution in [0.4, 0.5) is 0 Å². The van der Waals surface area contributed by atoms with Crippen LogP contribution in [-0.4, -0.2) is 11.5 Å². The van der Waals surface area contributed by atoms with Crippen LogP contribution in [0.5, 0.6) is 0 Å². The lowest BCUT2D eigenvalue weighted by Crippen LogP contribution is -2.21. The predicted molar refractivity (Wildman–Crippen MR) is 47.5 cm³/mol. The summed E-state index contributed by atoms with van der Waals surface area (Å²) in [5, 5.41) is 0. The molecule has 0 amide bonds. The highest BCUT2D eigenvalue weighted by Gasteiger charge is 2.27. The van der Waals surface area contributed by atoms with Crippen molar-refractivity contribution in [3.05, 3.63) is 11.0 Å². The van der Waals surface area contributed by atoms with Gasteiger partial charge in [0.15, 0.2) is 0 Å². The number of allylic oxidation sites excluding steroid dienone is 2. The van der Waals surface area contributed by atoms with Gasteiger partial charge in [-0.25, -0.2) is 0 Å². The van der Waals surface area contributed by atoms with Crippen molar-refractivity contribution in [1.29, 1.82) is 0 Å². The molecule has 11 heavy (non-hydrogen) atoms. The molecule has 0 radical (unpaired) electrons. The van der Waals surface area contributed by atoms with Crippen LogP contribution in [0.15, 0.2) is 11.0 Å². The second kappa shape index (κ2) is 3.02. The molecule has 0 N–H and O–H groups in total. The van der Waals surface area contributed by atoms with Crippen LogP contribution in [-0.2, 0) is 4.79 Å². The Bertz CT molecular complexity index is 208. The minimum Gasteiger partial charge on any atom is -0.299 e. The molecule has 60 valence electrons. The number of hydrogen-bond acceptors (Lipinski definition) is 2. The summed E-state index contributed by atoms with van der Waals surface area (Å²) in [6, 6.07) is 0. The molecule has 0 spiro atoms. The molecule has 1 atom stereocenters. The SMILES string of the molecule is O=C1CCC=C2SCCCC12. The van der Waals surface area contributed by atoms with Gasteiger partial charge in [-0.15, -0.1) is 11.8 Å². The van der Waals surface area contributed by atoms with Crippen molar-refractivity contribution >= 4 is 17.5 Å². The minimum absolute atomic E-state index is 0.308. The third-order valence-corrected chi connectivity index (χ3v) is 3.65. The summed E-state index contributed by atoms with van der Waals surface area (Å²) in [7, 11) is 0. The van der Waals surface area contributed by atoms with E-state index in [-0.39, 0.29) is 0 Å². The van der Waals surface area contributed by atoms with E-state index in [4.69, 9.17) is 0 Å². The molecule has 1 unspecified atom stereocenters. The molecule has 1 aliphatic heterocycles. The summed E-state index contributed by atoms with van der Waals surface area (Å²) >= 11 is 1.89. The smallest absolute Gasteiger partial charge is 0.141 e. The van der Waals surface area contributed by atoms with Gasteiger partial charge in [0, 0.05) is 12.3 Å². The van der Waals surface area contributed by atoms with Gasteiger partial charge in [0.1, 0.15) is 5.78 Å². The molecule has 1 heterocycles. The highest BCUT2D eigenvalue weighted by atomic mass is 32.2. The van der Waals surface area contributed by atoms with Crippen molar-refractivity contribution in [1.82, 2.24) is 0 Å². The number of ketones is 1. The van der Waals surface area contributed by atoms with Gasteiger partial charge in [0.2, 0.25) is 0 Å². The van der Waals surface area contributed by atoms with Crippen molar-refractivity contribution in [3.8, 4) is 0 Å². The lowest BCUT2D eigenvalue weighted by atomic mass is 9.90. The molecule has 1 nitrogen and oxygen atoms in total. The summed E-state index contributed by atoms with van der Waals surface area (Å²) in [6.45, 7) is 0. The zero-order valence-corrected chi connectivity index (χ0v) is 7.32. The van der Waals surface area contributed by atoms with E-state index in [1.165, 1.54) is 17.1 Å². The summed E-state index contributed by atoms with van der Waals surface area (Å²) in [5.41, 5.74) is 0. The van der Waals surface area contributed by atoms with Crippen molar-refractivity contribution in [2.45, 2.75) is 25.7 Å². The Balaban J connectivity index is 2.19. The van der Waals surface area contributed by atoms with Crippen molar-refractivity contribution in [2.24, 2.45) is 5.92 Å². The van der Waals surface area contributed by atoms with Crippen LogP contribution < -0.4 is 0 Å². The quantitative estimate of drug-likeness (QED) is 0.552. The molecule has 2 heteroatoms. The Kier molecular flexibility index (Phi) is 2.03. The fourth-order valence-corrected chi connectivity index (χ4v) is 3.00. The van der Waals surface area contributed by atoms with Gasteiger partial charge in [-0.3, -0.25) is 4.79 Å². The van der Waals surface area contributed by atoms with Gasteiger partial charge in [0.05, 0.1) is 0 Å². The van der Waals surface area contributed by atoms with E-state index in [1.54, 1.807) is 0 Å². The lowest BCUT2D eigenvalue weighted by molar-refractivity contribution is -0.122. The van der Waals surface area contributed by atoms with Crippen molar-refractivity contribution < 1.29 is 4.79 Å². The molecule has 1 fully saturated rings. The second-order valence-electron chi connectivity index (χ2n) is 3.15. The van der Waals surface area contributed by atoms with Crippen LogP contribution in [0.2, 0.25) is 0 Å². The molecule has 2 aliphatic rings. The van der Waals surface area contributed by atoms with E-state index in [1.807, 2.05) is 11.8 Å². The third-order valence-electron chi connectivity index (χ3n) is 2.37. The van der Waals surface area contributed by atoms with Crippen LogP contribution in [0, 0.1) is 5.92 Å². The van der Waals surface area contributed by atoms with E-state index in [0.717, 1.165) is 19.3 Å². The van der Waals surface area contributed by atoms with E-state index >= 15 is 0 Å². The lowest BCUT2D eigenvalue weighted by Gasteiger charge is -2.26. The monoisotopic (exact) mass is 168 g/mol. The molecule has 0 bridgehead atoms. The zero-order chi connectivity index (χ0) is 7.68. The normalized spacial score (nSPS) is 31.1. The average Bonchev–Trinajstić information content (AvgIpc) is 2.06. The summed E-state index contributed by atoms with van der Waals surface area (Å²) < 4.78 is 0. The molecular weight excluding hydrogens is 156 g/mol. The van der Waals surface area contributed by atoms with Gasteiger partial charge < -0.3 is 0 Å². The number of carbonyl (C=O) groups is 1. The highest BCUT2D eigenvalue weighted by Crippen LogP contribution is 2.38. The molecular formula is C9H12OS.